The number of thiocarbonyl (C=S) groups is 1. The van der Waals surface area contributed by atoms with Gasteiger partial charge in [0.05, 0.1) is 11.5 Å². The molecule has 2 aromatic carbocycles. The zero-order valence-electron chi connectivity index (χ0n) is 18.6. The molecule has 2 rings (SSSR count). The first kappa shape index (κ1) is 24.3. The van der Waals surface area contributed by atoms with Crippen molar-refractivity contribution in [1.29, 1.82) is 0 Å². The summed E-state index contributed by atoms with van der Waals surface area (Å²) in [5.74, 6) is 0.637. The van der Waals surface area contributed by atoms with Crippen molar-refractivity contribution in [2.45, 2.75) is 47.5 Å². The number of nitro groups is 1. The maximum absolute atomic E-state index is 12.7. The summed E-state index contributed by atoms with van der Waals surface area (Å²) in [6.45, 7) is 9.89. The molecule has 0 radical (unpaired) electrons. The van der Waals surface area contributed by atoms with E-state index in [4.69, 9.17) is 17.0 Å². The lowest BCUT2D eigenvalue weighted by atomic mass is 9.87. The molecule has 0 aliphatic heterocycles. The first-order chi connectivity index (χ1) is 14.5. The number of ether oxygens (including phenoxy) is 1. The quantitative estimate of drug-likeness (QED) is 0.251. The number of carbonyl (C=O) groups is 1. The summed E-state index contributed by atoms with van der Waals surface area (Å²) in [5.41, 5.74) is 2.55. The molecular formula is C23H29N3O4S. The van der Waals surface area contributed by atoms with Crippen LogP contribution >= 0.6 is 12.2 Å². The number of nitrogens with zero attached hydrogens (tertiary/aromatic N) is 1. The first-order valence-electron chi connectivity index (χ1n) is 10.1. The highest BCUT2D eigenvalue weighted by molar-refractivity contribution is 7.80. The molecule has 0 saturated carbocycles. The summed E-state index contributed by atoms with van der Waals surface area (Å²) in [5, 5.41) is 16.7. The molecule has 2 N–H and O–H groups in total. The van der Waals surface area contributed by atoms with Crippen LogP contribution in [-0.2, 0) is 4.79 Å². The number of amides is 1. The van der Waals surface area contributed by atoms with Gasteiger partial charge in [-0.25, -0.2) is 0 Å². The van der Waals surface area contributed by atoms with Gasteiger partial charge in [-0.2, -0.15) is 0 Å². The van der Waals surface area contributed by atoms with Crippen LogP contribution < -0.4 is 15.4 Å². The summed E-state index contributed by atoms with van der Waals surface area (Å²) < 4.78 is 5.87. The third-order valence-electron chi connectivity index (χ3n) is 5.05. The fourth-order valence-electron chi connectivity index (χ4n) is 2.99. The summed E-state index contributed by atoms with van der Waals surface area (Å²) in [6, 6.07) is 10.8. The molecule has 0 bridgehead atoms. The van der Waals surface area contributed by atoms with E-state index in [1.54, 1.807) is 19.1 Å². The van der Waals surface area contributed by atoms with E-state index in [-0.39, 0.29) is 16.7 Å². The van der Waals surface area contributed by atoms with E-state index in [1.807, 2.05) is 45.9 Å². The molecule has 0 heterocycles. The summed E-state index contributed by atoms with van der Waals surface area (Å²) in [6.07, 6.45) is 1.32. The molecule has 1 amide bonds. The van der Waals surface area contributed by atoms with E-state index in [9.17, 15) is 14.9 Å². The Morgan fingerprint density at radius 2 is 1.81 bits per heavy atom. The van der Waals surface area contributed by atoms with Crippen molar-refractivity contribution in [3.05, 3.63) is 63.2 Å². The van der Waals surface area contributed by atoms with Crippen LogP contribution in [0.1, 0.15) is 43.4 Å². The van der Waals surface area contributed by atoms with Crippen LogP contribution in [0.5, 0.6) is 5.75 Å². The Bertz CT molecular complexity index is 989. The van der Waals surface area contributed by atoms with Crippen molar-refractivity contribution in [2.75, 3.05) is 11.9 Å². The summed E-state index contributed by atoms with van der Waals surface area (Å²) >= 11 is 5.21. The number of hydrogen-bond donors (Lipinski definition) is 2. The van der Waals surface area contributed by atoms with Crippen molar-refractivity contribution in [2.24, 2.45) is 5.41 Å². The lowest BCUT2D eigenvalue weighted by Gasteiger charge is -2.24. The number of carbonyl (C=O) groups excluding carboxylic acids is 1. The van der Waals surface area contributed by atoms with Crippen molar-refractivity contribution < 1.29 is 14.5 Å². The monoisotopic (exact) mass is 443 g/mol. The van der Waals surface area contributed by atoms with Crippen LogP contribution in [0.3, 0.4) is 0 Å². The van der Waals surface area contributed by atoms with Crippen LogP contribution in [-0.4, -0.2) is 22.5 Å². The Hall–Kier alpha value is -3.00. The van der Waals surface area contributed by atoms with Crippen molar-refractivity contribution >= 4 is 34.6 Å². The van der Waals surface area contributed by atoms with E-state index in [0.717, 1.165) is 16.9 Å². The molecule has 0 aromatic heterocycles. The highest BCUT2D eigenvalue weighted by atomic mass is 32.1. The summed E-state index contributed by atoms with van der Waals surface area (Å²) in [7, 11) is 0. The number of anilines is 1. The number of hydrogen-bond acceptors (Lipinski definition) is 5. The molecule has 166 valence electrons. The molecule has 0 atom stereocenters. The number of benzene rings is 2. The molecule has 2 aromatic rings. The van der Waals surface area contributed by atoms with Gasteiger partial charge in [0.1, 0.15) is 5.75 Å². The average molecular weight is 444 g/mol. The normalized spacial score (nSPS) is 11.0. The van der Waals surface area contributed by atoms with Gasteiger partial charge in [-0.15, -0.1) is 0 Å². The maximum atomic E-state index is 12.7. The Morgan fingerprint density at radius 1 is 1.13 bits per heavy atom. The largest absolute Gasteiger partial charge is 0.493 e. The average Bonchev–Trinajstić information content (AvgIpc) is 2.68. The van der Waals surface area contributed by atoms with E-state index in [2.05, 4.69) is 10.6 Å². The van der Waals surface area contributed by atoms with Gasteiger partial charge >= 0.3 is 0 Å². The van der Waals surface area contributed by atoms with Crippen LogP contribution in [0, 0.1) is 36.3 Å². The molecule has 0 spiro atoms. The van der Waals surface area contributed by atoms with Crippen LogP contribution in [0.15, 0.2) is 36.4 Å². The minimum Gasteiger partial charge on any atom is -0.493 e. The molecule has 31 heavy (non-hydrogen) atoms. The second-order valence-electron chi connectivity index (χ2n) is 8.27. The molecule has 0 unspecified atom stereocenters. The Morgan fingerprint density at radius 3 is 2.48 bits per heavy atom. The van der Waals surface area contributed by atoms with Crippen LogP contribution in [0.25, 0.3) is 0 Å². The van der Waals surface area contributed by atoms with Crippen molar-refractivity contribution in [1.82, 2.24) is 5.32 Å². The number of nitrogens with one attached hydrogen (secondary N) is 2. The predicted octanol–water partition coefficient (Wildman–Crippen LogP) is 5.22. The molecule has 8 heteroatoms. The minimum atomic E-state index is -0.657. The predicted molar refractivity (Wildman–Crippen MR) is 127 cm³/mol. The van der Waals surface area contributed by atoms with Gasteiger partial charge in [-0.05, 0) is 69.1 Å². The molecule has 0 saturated heterocycles. The van der Waals surface area contributed by atoms with Gasteiger partial charge in [0, 0.05) is 22.7 Å². The van der Waals surface area contributed by atoms with Gasteiger partial charge in [-0.3, -0.25) is 14.9 Å². The first-order valence-corrected chi connectivity index (χ1v) is 10.5. The van der Waals surface area contributed by atoms with E-state index >= 15 is 0 Å². The second-order valence-corrected chi connectivity index (χ2v) is 8.68. The minimum absolute atomic E-state index is 0.0108. The van der Waals surface area contributed by atoms with Crippen molar-refractivity contribution in [3.63, 3.8) is 0 Å². The zero-order chi connectivity index (χ0) is 23.2. The van der Waals surface area contributed by atoms with Gasteiger partial charge in [0.2, 0.25) is 5.91 Å². The Kier molecular flexibility index (Phi) is 8.10. The van der Waals surface area contributed by atoms with Crippen LogP contribution in [0.4, 0.5) is 11.4 Å². The fourth-order valence-corrected chi connectivity index (χ4v) is 3.20. The number of aryl methyl sites for hydroxylation is 3. The van der Waals surface area contributed by atoms with Crippen molar-refractivity contribution in [3.8, 4) is 5.75 Å². The van der Waals surface area contributed by atoms with Gasteiger partial charge < -0.3 is 15.4 Å². The number of rotatable bonds is 8. The standard InChI is InChI=1S/C23H29N3O4S/c1-15-7-8-17(3)20(13-15)30-12-6-11-23(4,5)21(27)25-22(31)24-18-10-9-16(2)19(14-18)26(28)29/h7-10,13-14H,6,11-12H2,1-5H3,(H2,24,25,27,31). The van der Waals surface area contributed by atoms with Gasteiger partial charge in [-0.1, -0.05) is 32.0 Å². The molecule has 0 fully saturated rings. The maximum Gasteiger partial charge on any atom is 0.274 e. The molecule has 0 aliphatic carbocycles. The lowest BCUT2D eigenvalue weighted by molar-refractivity contribution is -0.385. The highest BCUT2D eigenvalue weighted by Gasteiger charge is 2.28. The zero-order valence-corrected chi connectivity index (χ0v) is 19.4. The van der Waals surface area contributed by atoms with E-state index in [0.29, 0.717) is 30.7 Å². The SMILES string of the molecule is Cc1ccc(C)c(OCCCC(C)(C)C(=O)NC(=S)Nc2ccc(C)c([N+](=O)[O-])c2)c1. The highest BCUT2D eigenvalue weighted by Crippen LogP contribution is 2.25. The number of nitro benzene ring substituents is 1. The lowest BCUT2D eigenvalue weighted by Crippen LogP contribution is -2.42. The van der Waals surface area contributed by atoms with Crippen LogP contribution in [0.2, 0.25) is 0 Å². The molecule has 0 aliphatic rings. The molecule has 7 nitrogen and oxygen atoms in total. The fraction of sp³-hybridized carbons (Fsp3) is 0.391. The van der Waals surface area contributed by atoms with E-state index in [1.165, 1.54) is 6.07 Å². The molecular weight excluding hydrogens is 414 g/mol. The third kappa shape index (κ3) is 7.03. The summed E-state index contributed by atoms with van der Waals surface area (Å²) in [4.78, 5) is 23.3. The Balaban J connectivity index is 1.85. The van der Waals surface area contributed by atoms with Gasteiger partial charge in [0.15, 0.2) is 5.11 Å². The topological polar surface area (TPSA) is 93.5 Å². The van der Waals surface area contributed by atoms with Gasteiger partial charge in [0.25, 0.3) is 5.69 Å². The van der Waals surface area contributed by atoms with E-state index < -0.39 is 10.3 Å². The smallest absolute Gasteiger partial charge is 0.274 e. The Labute approximate surface area is 188 Å². The third-order valence-corrected chi connectivity index (χ3v) is 5.26. The second kappa shape index (κ2) is 10.3.